The van der Waals surface area contributed by atoms with Gasteiger partial charge in [0.15, 0.2) is 5.65 Å². The number of aromatic amines is 1. The average Bonchev–Trinajstić information content (AvgIpc) is 3.29. The monoisotopic (exact) mass is 533 g/mol. The molecule has 0 aliphatic heterocycles. The van der Waals surface area contributed by atoms with Crippen LogP contribution in [0.15, 0.2) is 53.5 Å². The Morgan fingerprint density at radius 2 is 2.03 bits per heavy atom. The largest absolute Gasteiger partial charge is 0.497 e. The molecule has 3 aromatic heterocycles. The van der Waals surface area contributed by atoms with Gasteiger partial charge in [0.1, 0.15) is 16.7 Å². The molecule has 178 valence electrons. The molecule has 2 aromatic carbocycles. The Kier molecular flexibility index (Phi) is 6.43. The smallest absolute Gasteiger partial charge is 0.222 e. The Labute approximate surface area is 209 Å². The van der Waals surface area contributed by atoms with Crippen LogP contribution in [0.1, 0.15) is 18.2 Å². The second kappa shape index (κ2) is 9.80. The van der Waals surface area contributed by atoms with Crippen LogP contribution in [-0.2, 0) is 0 Å². The first kappa shape index (κ1) is 22.9. The average molecular weight is 534 g/mol. The van der Waals surface area contributed by atoms with Crippen molar-refractivity contribution in [1.29, 1.82) is 0 Å². The number of nitrogens with zero attached hydrogens (tertiary/aromatic N) is 5. The van der Waals surface area contributed by atoms with Crippen molar-refractivity contribution < 1.29 is 4.74 Å². The Bertz CT molecular complexity index is 1500. The van der Waals surface area contributed by atoms with E-state index in [4.69, 9.17) is 10.5 Å². The fourth-order valence-electron chi connectivity index (χ4n) is 4.11. The van der Waals surface area contributed by atoms with Crippen molar-refractivity contribution in [2.24, 2.45) is 5.73 Å². The first-order valence-electron chi connectivity index (χ1n) is 11.0. The summed E-state index contributed by atoms with van der Waals surface area (Å²) in [7, 11) is 3.46. The van der Waals surface area contributed by atoms with Crippen LogP contribution in [0.4, 0.5) is 11.6 Å². The number of methoxy groups -OCH3 is 1. The summed E-state index contributed by atoms with van der Waals surface area (Å²) in [4.78, 5) is 17.7. The summed E-state index contributed by atoms with van der Waals surface area (Å²) in [6, 6.07) is 11.9. The number of anilines is 2. The summed E-state index contributed by atoms with van der Waals surface area (Å²) in [6.07, 6.45) is 3.91. The number of fused-ring (bicyclic) bond motifs is 2. The van der Waals surface area contributed by atoms with Gasteiger partial charge in [-0.05, 0) is 64.6 Å². The summed E-state index contributed by atoms with van der Waals surface area (Å²) >= 11 is 3.54. The lowest BCUT2D eigenvalue weighted by Gasteiger charge is -2.22. The van der Waals surface area contributed by atoms with Crippen LogP contribution in [0.25, 0.3) is 33.1 Å². The number of hydrogen-bond donors (Lipinski definition) is 4. The lowest BCUT2D eigenvalue weighted by Crippen LogP contribution is -2.17. The highest BCUT2D eigenvalue weighted by Gasteiger charge is 2.21. The zero-order valence-electron chi connectivity index (χ0n) is 19.2. The summed E-state index contributed by atoms with van der Waals surface area (Å²) in [6.45, 7) is 0.469. The number of ether oxygens (including phenoxy) is 1. The molecule has 0 fully saturated rings. The van der Waals surface area contributed by atoms with Crippen LogP contribution in [0.3, 0.4) is 0 Å². The predicted molar refractivity (Wildman–Crippen MR) is 140 cm³/mol. The second-order valence-corrected chi connectivity index (χ2v) is 8.69. The van der Waals surface area contributed by atoms with Gasteiger partial charge in [0.05, 0.1) is 29.9 Å². The fraction of sp³-hybridized carbons (Fsp3) is 0.208. The molecule has 5 aromatic rings. The summed E-state index contributed by atoms with van der Waals surface area (Å²) < 4.78 is 6.24. The fourth-order valence-corrected chi connectivity index (χ4v) is 4.58. The molecule has 5 rings (SSSR count). The number of H-pyrrole nitrogens is 1. The molecule has 0 saturated carbocycles. The molecule has 0 amide bonds. The van der Waals surface area contributed by atoms with Crippen LogP contribution in [0.2, 0.25) is 0 Å². The second-order valence-electron chi connectivity index (χ2n) is 7.90. The number of nitrogens with two attached hydrogens (primary N) is 1. The molecule has 0 saturated heterocycles. The van der Waals surface area contributed by atoms with Crippen molar-refractivity contribution >= 4 is 49.4 Å². The predicted octanol–water partition coefficient (Wildman–Crippen LogP) is 4.28. The van der Waals surface area contributed by atoms with Gasteiger partial charge in [-0.2, -0.15) is 5.10 Å². The lowest BCUT2D eigenvalue weighted by atomic mass is 10.0. The maximum atomic E-state index is 6.03. The summed E-state index contributed by atoms with van der Waals surface area (Å²) in [5, 5.41) is 16.7. The number of nitrogens with one attached hydrogen (secondary N) is 3. The van der Waals surface area contributed by atoms with E-state index < -0.39 is 0 Å². The van der Waals surface area contributed by atoms with E-state index in [1.807, 2.05) is 24.3 Å². The Hall–Kier alpha value is -3.83. The van der Waals surface area contributed by atoms with E-state index >= 15 is 0 Å². The minimum Gasteiger partial charge on any atom is -0.497 e. The van der Waals surface area contributed by atoms with Gasteiger partial charge in [0.2, 0.25) is 5.95 Å². The molecule has 0 spiro atoms. The van der Waals surface area contributed by atoms with Gasteiger partial charge in [-0.15, -0.1) is 0 Å². The first-order chi connectivity index (χ1) is 17.1. The quantitative estimate of drug-likeness (QED) is 0.230. The molecule has 0 radical (unpaired) electrons. The van der Waals surface area contributed by atoms with E-state index in [-0.39, 0.29) is 6.04 Å². The van der Waals surface area contributed by atoms with Gasteiger partial charge < -0.3 is 21.1 Å². The number of benzene rings is 2. The van der Waals surface area contributed by atoms with Gasteiger partial charge >= 0.3 is 0 Å². The van der Waals surface area contributed by atoms with E-state index in [2.05, 4.69) is 68.8 Å². The number of aromatic nitrogens is 6. The van der Waals surface area contributed by atoms with Crippen molar-refractivity contribution in [3.8, 4) is 17.0 Å². The van der Waals surface area contributed by atoms with Crippen molar-refractivity contribution in [1.82, 2.24) is 30.1 Å². The Morgan fingerprint density at radius 3 is 2.83 bits per heavy atom. The van der Waals surface area contributed by atoms with E-state index in [1.54, 1.807) is 20.4 Å². The third-order valence-corrected chi connectivity index (χ3v) is 6.36. The lowest BCUT2D eigenvalue weighted by molar-refractivity contribution is 0.415. The molecule has 5 N–H and O–H groups in total. The molecule has 3 heterocycles. The van der Waals surface area contributed by atoms with E-state index in [1.165, 1.54) is 6.33 Å². The van der Waals surface area contributed by atoms with Gasteiger partial charge in [-0.1, -0.05) is 6.07 Å². The van der Waals surface area contributed by atoms with Crippen LogP contribution in [0, 0.1) is 0 Å². The number of hydrogen-bond acceptors (Lipinski definition) is 9. The maximum absolute atomic E-state index is 6.03. The highest BCUT2D eigenvalue weighted by Crippen LogP contribution is 2.36. The molecule has 0 aliphatic rings. The molecule has 0 aliphatic carbocycles. The van der Waals surface area contributed by atoms with Crippen molar-refractivity contribution in [3.63, 3.8) is 0 Å². The summed E-state index contributed by atoms with van der Waals surface area (Å²) in [5.41, 5.74) is 10.1. The molecule has 35 heavy (non-hydrogen) atoms. The van der Waals surface area contributed by atoms with Gasteiger partial charge in [-0.25, -0.2) is 19.9 Å². The van der Waals surface area contributed by atoms with E-state index in [0.29, 0.717) is 24.6 Å². The van der Waals surface area contributed by atoms with Crippen molar-refractivity contribution in [2.45, 2.75) is 12.5 Å². The molecular formula is C24H24BrN9O. The van der Waals surface area contributed by atoms with E-state index in [0.717, 1.165) is 49.2 Å². The molecule has 10 nitrogen and oxygen atoms in total. The summed E-state index contributed by atoms with van der Waals surface area (Å²) in [5.74, 6) is 1.33. The zero-order chi connectivity index (χ0) is 24.4. The molecule has 1 atom stereocenters. The highest BCUT2D eigenvalue weighted by atomic mass is 79.9. The number of halogens is 1. The van der Waals surface area contributed by atoms with Crippen LogP contribution in [-0.4, -0.2) is 50.8 Å². The normalized spacial score (nSPS) is 12.1. The maximum Gasteiger partial charge on any atom is 0.222 e. The minimum atomic E-state index is -0.192. The SMILES string of the molecule is CNc1nccc(-c2cc(NC(CCN)c3ncnc4n[nH]c(Br)c34)c3cc(OC)ccc3c2)n1. The van der Waals surface area contributed by atoms with Gasteiger partial charge in [0.25, 0.3) is 0 Å². The standard InChI is InChI=1S/C24H24BrN9O/c1-27-24-28-8-6-17(32-24)14-9-13-3-4-15(35-2)11-16(13)19(10-14)31-18(5-7-26)21-20-22(25)33-34-23(20)30-12-29-21/h3-4,6,8-12,18,31H,5,7,26H2,1-2H3,(H,27,28,32)(H,29,30,33,34). The molecule has 11 heteroatoms. The number of rotatable bonds is 8. The van der Waals surface area contributed by atoms with Crippen molar-refractivity contribution in [2.75, 3.05) is 31.3 Å². The third kappa shape index (κ3) is 4.47. The highest BCUT2D eigenvalue weighted by molar-refractivity contribution is 9.10. The van der Waals surface area contributed by atoms with Crippen molar-refractivity contribution in [3.05, 3.63) is 59.2 Å². The minimum absolute atomic E-state index is 0.192. The third-order valence-electron chi connectivity index (χ3n) is 5.79. The first-order valence-corrected chi connectivity index (χ1v) is 11.8. The van der Waals surface area contributed by atoms with Crippen LogP contribution in [0.5, 0.6) is 5.75 Å². The molecular weight excluding hydrogens is 510 g/mol. The van der Waals surface area contributed by atoms with Gasteiger partial charge in [-0.3, -0.25) is 5.10 Å². The topological polar surface area (TPSA) is 140 Å². The molecule has 1 unspecified atom stereocenters. The van der Waals surface area contributed by atoms with Crippen LogP contribution < -0.4 is 21.1 Å². The van der Waals surface area contributed by atoms with Crippen LogP contribution >= 0.6 is 15.9 Å². The zero-order valence-corrected chi connectivity index (χ0v) is 20.8. The Morgan fingerprint density at radius 1 is 1.14 bits per heavy atom. The van der Waals surface area contributed by atoms with E-state index in [9.17, 15) is 0 Å². The molecule has 0 bridgehead atoms. The van der Waals surface area contributed by atoms with Gasteiger partial charge in [0, 0.05) is 29.9 Å². The Balaban J connectivity index is 1.67.